The normalized spacial score (nSPS) is 10.6. The first-order chi connectivity index (χ1) is 7.70. The molecule has 5 nitrogen and oxygen atoms in total. The zero-order valence-electron chi connectivity index (χ0n) is 9.10. The minimum Gasteiger partial charge on any atom is -0.508 e. The van der Waals surface area contributed by atoms with Gasteiger partial charge in [-0.1, -0.05) is 5.16 Å². The number of nitrogens with zero attached hydrogens (tertiary/aromatic N) is 2. The Hall–Kier alpha value is -1.88. The standard InChI is InChI=1S/C11H12N2O3/c1-7-5-8(3-4-9(7)14)11-12-10(6-15-2)13-16-11/h3-5,14H,6H2,1-2H3. The predicted molar refractivity (Wildman–Crippen MR) is 56.8 cm³/mol. The second-order valence-electron chi connectivity index (χ2n) is 3.45. The van der Waals surface area contributed by atoms with Gasteiger partial charge in [-0.2, -0.15) is 4.98 Å². The van der Waals surface area contributed by atoms with E-state index in [4.69, 9.17) is 9.26 Å². The maximum absolute atomic E-state index is 9.39. The quantitative estimate of drug-likeness (QED) is 0.855. The maximum atomic E-state index is 9.39. The van der Waals surface area contributed by atoms with Crippen molar-refractivity contribution in [2.75, 3.05) is 7.11 Å². The number of phenolic OH excluding ortho intramolecular Hbond substituents is 1. The Morgan fingerprint density at radius 1 is 1.44 bits per heavy atom. The molecule has 16 heavy (non-hydrogen) atoms. The van der Waals surface area contributed by atoms with Crippen molar-refractivity contribution in [2.24, 2.45) is 0 Å². The van der Waals surface area contributed by atoms with Crippen LogP contribution in [0.3, 0.4) is 0 Å². The summed E-state index contributed by atoms with van der Waals surface area (Å²) in [4.78, 5) is 4.16. The Morgan fingerprint density at radius 2 is 2.25 bits per heavy atom. The minimum atomic E-state index is 0.250. The van der Waals surface area contributed by atoms with Gasteiger partial charge in [0, 0.05) is 12.7 Å². The Labute approximate surface area is 92.7 Å². The van der Waals surface area contributed by atoms with E-state index in [1.54, 1.807) is 25.3 Å². The van der Waals surface area contributed by atoms with Gasteiger partial charge in [0.25, 0.3) is 5.89 Å². The van der Waals surface area contributed by atoms with Gasteiger partial charge in [0.1, 0.15) is 12.4 Å². The zero-order valence-corrected chi connectivity index (χ0v) is 9.10. The third-order valence-electron chi connectivity index (χ3n) is 2.19. The molecule has 1 N–H and O–H groups in total. The smallest absolute Gasteiger partial charge is 0.258 e. The second kappa shape index (κ2) is 4.32. The number of rotatable bonds is 3. The predicted octanol–water partition coefficient (Wildman–Crippen LogP) is 1.90. The van der Waals surface area contributed by atoms with Crippen LogP contribution in [0.1, 0.15) is 11.4 Å². The molecule has 0 atom stereocenters. The number of methoxy groups -OCH3 is 1. The van der Waals surface area contributed by atoms with E-state index in [0.717, 1.165) is 11.1 Å². The summed E-state index contributed by atoms with van der Waals surface area (Å²) in [5, 5.41) is 13.2. The molecule has 0 aliphatic rings. The van der Waals surface area contributed by atoms with Crippen LogP contribution in [0, 0.1) is 6.92 Å². The molecule has 0 bridgehead atoms. The van der Waals surface area contributed by atoms with E-state index < -0.39 is 0 Å². The molecule has 0 radical (unpaired) electrons. The summed E-state index contributed by atoms with van der Waals surface area (Å²) >= 11 is 0. The van der Waals surface area contributed by atoms with Crippen LogP contribution < -0.4 is 0 Å². The number of phenols is 1. The van der Waals surface area contributed by atoms with Gasteiger partial charge in [-0.3, -0.25) is 0 Å². The molecule has 0 saturated carbocycles. The first-order valence-corrected chi connectivity index (χ1v) is 4.82. The fraction of sp³-hybridized carbons (Fsp3) is 0.273. The lowest BCUT2D eigenvalue weighted by Gasteiger charge is -1.99. The molecule has 5 heteroatoms. The molecule has 1 aromatic carbocycles. The van der Waals surface area contributed by atoms with Crippen LogP contribution in [0.5, 0.6) is 5.75 Å². The lowest BCUT2D eigenvalue weighted by molar-refractivity contribution is 0.174. The summed E-state index contributed by atoms with van der Waals surface area (Å²) in [6, 6.07) is 5.12. The Balaban J connectivity index is 2.31. The van der Waals surface area contributed by atoms with E-state index in [2.05, 4.69) is 10.1 Å². The Bertz CT molecular complexity index is 494. The van der Waals surface area contributed by atoms with E-state index >= 15 is 0 Å². The van der Waals surface area contributed by atoms with Crippen LogP contribution in [0.4, 0.5) is 0 Å². The van der Waals surface area contributed by atoms with Gasteiger partial charge in [0.05, 0.1) is 0 Å². The monoisotopic (exact) mass is 220 g/mol. The Kier molecular flexibility index (Phi) is 2.87. The van der Waals surface area contributed by atoms with Gasteiger partial charge >= 0.3 is 0 Å². The summed E-state index contributed by atoms with van der Waals surface area (Å²) in [6.07, 6.45) is 0. The van der Waals surface area contributed by atoms with Crippen LogP contribution in [-0.2, 0) is 11.3 Å². The molecular formula is C11H12N2O3. The largest absolute Gasteiger partial charge is 0.508 e. The van der Waals surface area contributed by atoms with Crippen molar-refractivity contribution in [2.45, 2.75) is 13.5 Å². The van der Waals surface area contributed by atoms with Crippen molar-refractivity contribution in [3.8, 4) is 17.2 Å². The topological polar surface area (TPSA) is 68.4 Å². The SMILES string of the molecule is COCc1noc(-c2ccc(O)c(C)c2)n1. The molecule has 0 amide bonds. The summed E-state index contributed by atoms with van der Waals surface area (Å²) < 4.78 is 9.97. The van der Waals surface area contributed by atoms with Crippen molar-refractivity contribution in [3.05, 3.63) is 29.6 Å². The summed E-state index contributed by atoms with van der Waals surface area (Å²) in [5.41, 5.74) is 1.55. The van der Waals surface area contributed by atoms with Crippen LogP contribution in [0.15, 0.2) is 22.7 Å². The van der Waals surface area contributed by atoms with Gasteiger partial charge in [-0.05, 0) is 30.7 Å². The number of ether oxygens (including phenoxy) is 1. The van der Waals surface area contributed by atoms with Gasteiger partial charge in [0.2, 0.25) is 0 Å². The van der Waals surface area contributed by atoms with Gasteiger partial charge in [0.15, 0.2) is 5.82 Å². The summed E-state index contributed by atoms with van der Waals surface area (Å²) in [6.45, 7) is 2.13. The fourth-order valence-corrected chi connectivity index (χ4v) is 1.35. The van der Waals surface area contributed by atoms with Crippen molar-refractivity contribution in [1.82, 2.24) is 10.1 Å². The molecule has 0 aliphatic carbocycles. The summed E-state index contributed by atoms with van der Waals surface area (Å²) in [7, 11) is 1.57. The molecule has 0 unspecified atom stereocenters. The van der Waals surface area contributed by atoms with Crippen molar-refractivity contribution in [3.63, 3.8) is 0 Å². The van der Waals surface area contributed by atoms with Crippen LogP contribution in [0.25, 0.3) is 11.5 Å². The highest BCUT2D eigenvalue weighted by Gasteiger charge is 2.09. The van der Waals surface area contributed by atoms with E-state index in [0.29, 0.717) is 18.3 Å². The highest BCUT2D eigenvalue weighted by molar-refractivity contribution is 5.56. The van der Waals surface area contributed by atoms with Gasteiger partial charge < -0.3 is 14.4 Å². The zero-order chi connectivity index (χ0) is 11.5. The average molecular weight is 220 g/mol. The van der Waals surface area contributed by atoms with Crippen LogP contribution in [-0.4, -0.2) is 22.4 Å². The number of benzene rings is 1. The first kappa shape index (κ1) is 10.6. The molecule has 0 saturated heterocycles. The second-order valence-corrected chi connectivity index (χ2v) is 3.45. The molecular weight excluding hydrogens is 208 g/mol. The van der Waals surface area contributed by atoms with Crippen molar-refractivity contribution < 1.29 is 14.4 Å². The number of aromatic hydroxyl groups is 1. The van der Waals surface area contributed by atoms with Crippen LogP contribution in [0.2, 0.25) is 0 Å². The third kappa shape index (κ3) is 2.04. The van der Waals surface area contributed by atoms with E-state index in [1.807, 2.05) is 6.92 Å². The molecule has 2 aromatic rings. The van der Waals surface area contributed by atoms with Gasteiger partial charge in [-0.15, -0.1) is 0 Å². The molecule has 1 aromatic heterocycles. The maximum Gasteiger partial charge on any atom is 0.258 e. The molecule has 0 spiro atoms. The molecule has 1 heterocycles. The number of hydrogen-bond donors (Lipinski definition) is 1. The molecule has 0 aliphatic heterocycles. The van der Waals surface area contributed by atoms with E-state index in [1.165, 1.54) is 0 Å². The lowest BCUT2D eigenvalue weighted by atomic mass is 10.1. The Morgan fingerprint density at radius 3 is 2.94 bits per heavy atom. The van der Waals surface area contributed by atoms with Gasteiger partial charge in [-0.25, -0.2) is 0 Å². The fourth-order valence-electron chi connectivity index (χ4n) is 1.35. The van der Waals surface area contributed by atoms with Crippen molar-refractivity contribution in [1.29, 1.82) is 0 Å². The first-order valence-electron chi connectivity index (χ1n) is 4.82. The third-order valence-corrected chi connectivity index (χ3v) is 2.19. The minimum absolute atomic E-state index is 0.250. The average Bonchev–Trinajstić information content (AvgIpc) is 2.71. The van der Waals surface area contributed by atoms with E-state index in [-0.39, 0.29) is 5.75 Å². The molecule has 2 rings (SSSR count). The highest BCUT2D eigenvalue weighted by Crippen LogP contribution is 2.23. The highest BCUT2D eigenvalue weighted by atomic mass is 16.5. The number of hydrogen-bond acceptors (Lipinski definition) is 5. The van der Waals surface area contributed by atoms with E-state index in [9.17, 15) is 5.11 Å². The molecule has 0 fully saturated rings. The molecule has 84 valence electrons. The summed E-state index contributed by atoms with van der Waals surface area (Å²) in [5.74, 6) is 1.18. The lowest BCUT2D eigenvalue weighted by Crippen LogP contribution is -1.89. The number of aryl methyl sites for hydroxylation is 1. The van der Waals surface area contributed by atoms with Crippen molar-refractivity contribution >= 4 is 0 Å². The number of aromatic nitrogens is 2. The van der Waals surface area contributed by atoms with Crippen LogP contribution >= 0.6 is 0 Å².